The molecule has 4 nitrogen and oxygen atoms in total. The van der Waals surface area contributed by atoms with E-state index in [0.717, 1.165) is 18.9 Å². The Labute approximate surface area is 110 Å². The molecule has 0 amide bonds. The molecule has 0 aromatic carbocycles. The summed E-state index contributed by atoms with van der Waals surface area (Å²) in [7, 11) is 0. The highest BCUT2D eigenvalue weighted by Crippen LogP contribution is 2.15. The molecule has 0 aliphatic rings. The fourth-order valence-electron chi connectivity index (χ4n) is 1.88. The van der Waals surface area contributed by atoms with Crippen molar-refractivity contribution in [2.75, 3.05) is 18.0 Å². The third kappa shape index (κ3) is 4.35. The highest BCUT2D eigenvalue weighted by molar-refractivity contribution is 5.94. The molecular formula is C14H24N4. The molecule has 0 bridgehead atoms. The van der Waals surface area contributed by atoms with Crippen LogP contribution in [-0.4, -0.2) is 23.9 Å². The molecule has 1 heterocycles. The molecule has 0 saturated carbocycles. The predicted molar refractivity (Wildman–Crippen MR) is 77.1 cm³/mol. The number of rotatable bonds is 6. The molecular weight excluding hydrogens is 224 g/mol. The van der Waals surface area contributed by atoms with E-state index in [1.807, 2.05) is 12.1 Å². The van der Waals surface area contributed by atoms with Crippen molar-refractivity contribution in [1.82, 2.24) is 4.98 Å². The Morgan fingerprint density at radius 1 is 1.22 bits per heavy atom. The van der Waals surface area contributed by atoms with Crippen molar-refractivity contribution in [3.05, 3.63) is 23.9 Å². The third-order valence-corrected chi connectivity index (χ3v) is 2.55. The number of aromatic nitrogens is 1. The van der Waals surface area contributed by atoms with Crippen molar-refractivity contribution in [3.63, 3.8) is 0 Å². The first-order valence-electron chi connectivity index (χ1n) is 6.45. The van der Waals surface area contributed by atoms with Crippen LogP contribution in [0.1, 0.15) is 33.3 Å². The number of anilines is 1. The maximum atomic E-state index is 7.36. The molecule has 0 radical (unpaired) electrons. The van der Waals surface area contributed by atoms with Gasteiger partial charge in [0.1, 0.15) is 11.7 Å². The first kappa shape index (κ1) is 14.5. The Morgan fingerprint density at radius 3 is 2.11 bits per heavy atom. The maximum Gasteiger partial charge on any atom is 0.128 e. The van der Waals surface area contributed by atoms with E-state index in [0.29, 0.717) is 17.4 Å². The normalized spacial score (nSPS) is 11.0. The molecule has 1 aromatic rings. The van der Waals surface area contributed by atoms with Gasteiger partial charge in [-0.2, -0.15) is 0 Å². The van der Waals surface area contributed by atoms with E-state index in [1.165, 1.54) is 0 Å². The van der Waals surface area contributed by atoms with Gasteiger partial charge >= 0.3 is 0 Å². The van der Waals surface area contributed by atoms with E-state index in [2.05, 4.69) is 37.6 Å². The molecule has 1 aromatic heterocycles. The van der Waals surface area contributed by atoms with Crippen LogP contribution in [0.2, 0.25) is 0 Å². The number of hydrogen-bond acceptors (Lipinski definition) is 3. The number of nitrogens with zero attached hydrogens (tertiary/aromatic N) is 2. The fraction of sp³-hybridized carbons (Fsp3) is 0.571. The Bertz CT molecular complexity index is 371. The van der Waals surface area contributed by atoms with Gasteiger partial charge in [-0.25, -0.2) is 4.98 Å². The van der Waals surface area contributed by atoms with E-state index < -0.39 is 0 Å². The summed E-state index contributed by atoms with van der Waals surface area (Å²) in [5, 5.41) is 7.36. The summed E-state index contributed by atoms with van der Waals surface area (Å²) in [5.41, 5.74) is 6.10. The zero-order valence-electron chi connectivity index (χ0n) is 11.8. The van der Waals surface area contributed by atoms with Gasteiger partial charge in [0.15, 0.2) is 0 Å². The molecule has 0 aliphatic heterocycles. The quantitative estimate of drug-likeness (QED) is 0.600. The summed E-state index contributed by atoms with van der Waals surface area (Å²) in [4.78, 5) is 6.70. The largest absolute Gasteiger partial charge is 0.384 e. The first-order valence-corrected chi connectivity index (χ1v) is 6.45. The third-order valence-electron chi connectivity index (χ3n) is 2.55. The Morgan fingerprint density at radius 2 is 1.78 bits per heavy atom. The summed E-state index contributed by atoms with van der Waals surface area (Å²) in [6, 6.07) is 3.81. The molecule has 0 atom stereocenters. The van der Waals surface area contributed by atoms with E-state index in [4.69, 9.17) is 11.1 Å². The summed E-state index contributed by atoms with van der Waals surface area (Å²) in [6.45, 7) is 10.8. The van der Waals surface area contributed by atoms with Crippen molar-refractivity contribution in [2.24, 2.45) is 17.6 Å². The Kier molecular flexibility index (Phi) is 5.13. The second-order valence-electron chi connectivity index (χ2n) is 5.51. The van der Waals surface area contributed by atoms with Crippen LogP contribution >= 0.6 is 0 Å². The van der Waals surface area contributed by atoms with Crippen LogP contribution in [0, 0.1) is 17.2 Å². The van der Waals surface area contributed by atoms with E-state index in [-0.39, 0.29) is 5.84 Å². The lowest BCUT2D eigenvalue weighted by Gasteiger charge is -2.27. The molecule has 0 aliphatic carbocycles. The smallest absolute Gasteiger partial charge is 0.128 e. The maximum absolute atomic E-state index is 7.36. The van der Waals surface area contributed by atoms with Gasteiger partial charge in [0.2, 0.25) is 0 Å². The van der Waals surface area contributed by atoms with Gasteiger partial charge in [0, 0.05) is 24.8 Å². The zero-order chi connectivity index (χ0) is 13.7. The minimum absolute atomic E-state index is 0.0633. The molecule has 1 rings (SSSR count). The summed E-state index contributed by atoms with van der Waals surface area (Å²) in [6.07, 6.45) is 1.67. The predicted octanol–water partition coefficient (Wildman–Crippen LogP) is 2.48. The van der Waals surface area contributed by atoms with Gasteiger partial charge in [-0.3, -0.25) is 5.41 Å². The molecule has 3 N–H and O–H groups in total. The summed E-state index contributed by atoms with van der Waals surface area (Å²) < 4.78 is 0. The monoisotopic (exact) mass is 248 g/mol. The molecule has 0 spiro atoms. The van der Waals surface area contributed by atoms with Gasteiger partial charge in [-0.05, 0) is 24.0 Å². The molecule has 18 heavy (non-hydrogen) atoms. The standard InChI is InChI=1S/C14H24N4/c1-10(2)8-18(9-11(3)4)13-6-5-12(7-17-13)14(15)16/h5-7,10-11H,8-9H2,1-4H3,(H3,15,16). The van der Waals surface area contributed by atoms with Gasteiger partial charge < -0.3 is 10.6 Å². The average molecular weight is 248 g/mol. The van der Waals surface area contributed by atoms with Crippen molar-refractivity contribution < 1.29 is 0 Å². The molecule has 4 heteroatoms. The van der Waals surface area contributed by atoms with Gasteiger partial charge in [0.05, 0.1) is 0 Å². The number of hydrogen-bond donors (Lipinski definition) is 2. The minimum atomic E-state index is 0.0633. The van der Waals surface area contributed by atoms with Gasteiger partial charge in [-0.15, -0.1) is 0 Å². The number of amidine groups is 1. The van der Waals surface area contributed by atoms with Gasteiger partial charge in [0.25, 0.3) is 0 Å². The van der Waals surface area contributed by atoms with E-state index in [9.17, 15) is 0 Å². The second-order valence-corrected chi connectivity index (χ2v) is 5.51. The van der Waals surface area contributed by atoms with E-state index in [1.54, 1.807) is 6.20 Å². The lowest BCUT2D eigenvalue weighted by molar-refractivity contribution is 0.549. The number of pyridine rings is 1. The molecule has 0 saturated heterocycles. The summed E-state index contributed by atoms with van der Waals surface area (Å²) >= 11 is 0. The van der Waals surface area contributed by atoms with Crippen LogP contribution < -0.4 is 10.6 Å². The Balaban J connectivity index is 2.87. The van der Waals surface area contributed by atoms with Gasteiger partial charge in [-0.1, -0.05) is 27.7 Å². The Hall–Kier alpha value is -1.58. The molecule has 100 valence electrons. The molecule has 0 unspecified atom stereocenters. The highest BCUT2D eigenvalue weighted by atomic mass is 15.2. The van der Waals surface area contributed by atoms with E-state index >= 15 is 0 Å². The SMILES string of the molecule is CC(C)CN(CC(C)C)c1ccc(C(=N)N)cn1. The second kappa shape index (κ2) is 6.38. The minimum Gasteiger partial charge on any atom is -0.384 e. The fourth-order valence-corrected chi connectivity index (χ4v) is 1.88. The van der Waals surface area contributed by atoms with Crippen molar-refractivity contribution in [1.29, 1.82) is 5.41 Å². The van der Waals surface area contributed by atoms with Crippen molar-refractivity contribution in [3.8, 4) is 0 Å². The van der Waals surface area contributed by atoms with Crippen LogP contribution in [0.5, 0.6) is 0 Å². The highest BCUT2D eigenvalue weighted by Gasteiger charge is 2.11. The molecule has 0 fully saturated rings. The van der Waals surface area contributed by atoms with Crippen LogP contribution in [0.25, 0.3) is 0 Å². The number of nitrogens with two attached hydrogens (primary N) is 1. The first-order chi connectivity index (χ1) is 8.40. The van der Waals surface area contributed by atoms with Crippen LogP contribution in [-0.2, 0) is 0 Å². The number of nitrogens with one attached hydrogen (secondary N) is 1. The number of nitrogen functional groups attached to an aromatic ring is 1. The lowest BCUT2D eigenvalue weighted by atomic mass is 10.1. The van der Waals surface area contributed by atoms with Crippen LogP contribution in [0.4, 0.5) is 5.82 Å². The zero-order valence-corrected chi connectivity index (χ0v) is 11.8. The van der Waals surface area contributed by atoms with Crippen LogP contribution in [0.15, 0.2) is 18.3 Å². The van der Waals surface area contributed by atoms with Crippen LogP contribution in [0.3, 0.4) is 0 Å². The summed E-state index contributed by atoms with van der Waals surface area (Å²) in [5.74, 6) is 2.21. The topological polar surface area (TPSA) is 66.0 Å². The average Bonchev–Trinajstić information content (AvgIpc) is 2.27. The lowest BCUT2D eigenvalue weighted by Crippen LogP contribution is -2.32. The van der Waals surface area contributed by atoms with Crippen molar-refractivity contribution >= 4 is 11.7 Å². The van der Waals surface area contributed by atoms with Crippen molar-refractivity contribution in [2.45, 2.75) is 27.7 Å².